The van der Waals surface area contributed by atoms with Crippen molar-refractivity contribution in [2.75, 3.05) is 0 Å². The van der Waals surface area contributed by atoms with Crippen molar-refractivity contribution in [3.8, 4) is 5.75 Å². The van der Waals surface area contributed by atoms with Gasteiger partial charge in [-0.05, 0) is 45.1 Å². The van der Waals surface area contributed by atoms with E-state index in [0.29, 0.717) is 13.2 Å². The van der Waals surface area contributed by atoms with Crippen LogP contribution in [0.5, 0.6) is 5.75 Å². The van der Waals surface area contributed by atoms with Gasteiger partial charge in [0.05, 0.1) is 3.79 Å². The van der Waals surface area contributed by atoms with Crippen LogP contribution in [-0.2, 0) is 13.2 Å². The highest BCUT2D eigenvalue weighted by Gasteiger charge is 1.99. The number of thiophene rings is 1. The van der Waals surface area contributed by atoms with E-state index < -0.39 is 0 Å². The molecule has 0 aliphatic rings. The zero-order valence-corrected chi connectivity index (χ0v) is 11.1. The highest BCUT2D eigenvalue weighted by molar-refractivity contribution is 9.11. The maximum atomic E-state index is 5.68. The number of ether oxygens (including phenoxy) is 1. The lowest BCUT2D eigenvalue weighted by Crippen LogP contribution is -1.98. The van der Waals surface area contributed by atoms with Gasteiger partial charge in [-0.15, -0.1) is 11.3 Å². The number of hydrogen-bond donors (Lipinski definition) is 1. The molecule has 0 saturated carbocycles. The Labute approximate surface area is 107 Å². The predicted octanol–water partition coefficient (Wildman–Crippen LogP) is 3.55. The van der Waals surface area contributed by atoms with E-state index in [1.54, 1.807) is 11.3 Å². The van der Waals surface area contributed by atoms with Crippen LogP contribution >= 0.6 is 27.3 Å². The van der Waals surface area contributed by atoms with Gasteiger partial charge in [-0.3, -0.25) is 0 Å². The number of halogens is 1. The summed E-state index contributed by atoms with van der Waals surface area (Å²) in [6, 6.07) is 9.94. The van der Waals surface area contributed by atoms with Crippen LogP contribution < -0.4 is 10.5 Å². The van der Waals surface area contributed by atoms with E-state index >= 15 is 0 Å². The van der Waals surface area contributed by atoms with E-state index in [1.807, 2.05) is 24.3 Å². The predicted molar refractivity (Wildman–Crippen MR) is 70.7 cm³/mol. The summed E-state index contributed by atoms with van der Waals surface area (Å²) >= 11 is 5.09. The molecule has 2 nitrogen and oxygen atoms in total. The third kappa shape index (κ3) is 3.07. The van der Waals surface area contributed by atoms with Gasteiger partial charge in [0.1, 0.15) is 12.4 Å². The molecular weight excluding hydrogens is 286 g/mol. The monoisotopic (exact) mass is 297 g/mol. The van der Waals surface area contributed by atoms with Crippen molar-refractivity contribution in [3.63, 3.8) is 0 Å². The van der Waals surface area contributed by atoms with Gasteiger partial charge in [-0.2, -0.15) is 0 Å². The highest BCUT2D eigenvalue weighted by atomic mass is 79.9. The fraction of sp³-hybridized carbons (Fsp3) is 0.167. The van der Waals surface area contributed by atoms with Gasteiger partial charge in [0.2, 0.25) is 0 Å². The summed E-state index contributed by atoms with van der Waals surface area (Å²) in [5, 5.41) is 2.08. The molecule has 0 spiro atoms. The van der Waals surface area contributed by atoms with Crippen molar-refractivity contribution in [3.05, 3.63) is 50.6 Å². The van der Waals surface area contributed by atoms with Crippen molar-refractivity contribution in [1.82, 2.24) is 0 Å². The van der Waals surface area contributed by atoms with Crippen molar-refractivity contribution in [2.24, 2.45) is 5.73 Å². The minimum Gasteiger partial charge on any atom is -0.489 e. The third-order valence-electron chi connectivity index (χ3n) is 2.16. The van der Waals surface area contributed by atoms with Crippen molar-refractivity contribution < 1.29 is 4.74 Å². The van der Waals surface area contributed by atoms with E-state index in [2.05, 4.69) is 27.4 Å². The molecule has 16 heavy (non-hydrogen) atoms. The summed E-state index contributed by atoms with van der Waals surface area (Å²) < 4.78 is 6.80. The number of benzene rings is 1. The van der Waals surface area contributed by atoms with Crippen LogP contribution in [0.25, 0.3) is 0 Å². The molecule has 0 unspecified atom stereocenters. The number of nitrogens with two attached hydrogens (primary N) is 1. The summed E-state index contributed by atoms with van der Waals surface area (Å²) in [6.07, 6.45) is 0. The summed E-state index contributed by atoms with van der Waals surface area (Å²) in [4.78, 5) is 0. The third-order valence-corrected chi connectivity index (χ3v) is 3.71. The average molecular weight is 298 g/mol. The fourth-order valence-electron chi connectivity index (χ4n) is 1.35. The normalized spacial score (nSPS) is 10.4. The average Bonchev–Trinajstić information content (AvgIpc) is 2.73. The van der Waals surface area contributed by atoms with Crippen LogP contribution in [-0.4, -0.2) is 0 Å². The Hall–Kier alpha value is -0.840. The van der Waals surface area contributed by atoms with E-state index in [9.17, 15) is 0 Å². The SMILES string of the molecule is NCc1cccc(OCc2csc(Br)c2)c1. The molecule has 4 heteroatoms. The zero-order valence-electron chi connectivity index (χ0n) is 8.65. The Morgan fingerprint density at radius 1 is 1.25 bits per heavy atom. The van der Waals surface area contributed by atoms with Gasteiger partial charge < -0.3 is 10.5 Å². The molecule has 0 amide bonds. The number of hydrogen-bond acceptors (Lipinski definition) is 3. The molecule has 1 aromatic heterocycles. The Balaban J connectivity index is 1.99. The lowest BCUT2D eigenvalue weighted by atomic mass is 10.2. The van der Waals surface area contributed by atoms with Crippen LogP contribution in [0.4, 0.5) is 0 Å². The molecule has 0 aliphatic carbocycles. The molecular formula is C12H12BrNOS. The minimum atomic E-state index is 0.543. The Bertz CT molecular complexity index is 470. The van der Waals surface area contributed by atoms with Crippen LogP contribution in [0, 0.1) is 0 Å². The topological polar surface area (TPSA) is 35.2 Å². The lowest BCUT2D eigenvalue weighted by molar-refractivity contribution is 0.306. The van der Waals surface area contributed by atoms with Crippen molar-refractivity contribution in [1.29, 1.82) is 0 Å². The minimum absolute atomic E-state index is 0.543. The van der Waals surface area contributed by atoms with E-state index in [4.69, 9.17) is 10.5 Å². The second-order valence-electron chi connectivity index (χ2n) is 3.40. The van der Waals surface area contributed by atoms with Crippen LogP contribution in [0.3, 0.4) is 0 Å². The number of rotatable bonds is 4. The van der Waals surface area contributed by atoms with Gasteiger partial charge in [0.15, 0.2) is 0 Å². The molecule has 1 aromatic carbocycles. The summed E-state index contributed by atoms with van der Waals surface area (Å²) in [7, 11) is 0. The van der Waals surface area contributed by atoms with Crippen LogP contribution in [0.15, 0.2) is 39.5 Å². The van der Waals surface area contributed by atoms with Crippen molar-refractivity contribution >= 4 is 27.3 Å². The first-order valence-electron chi connectivity index (χ1n) is 4.92. The molecule has 0 fully saturated rings. The molecule has 0 atom stereocenters. The smallest absolute Gasteiger partial charge is 0.120 e. The Kier molecular flexibility index (Phi) is 3.98. The molecule has 0 saturated heterocycles. The second-order valence-corrected chi connectivity index (χ2v) is 5.69. The molecule has 0 radical (unpaired) electrons. The molecule has 0 bridgehead atoms. The first-order chi connectivity index (χ1) is 7.78. The van der Waals surface area contributed by atoms with Gasteiger partial charge in [-0.1, -0.05) is 12.1 Å². The summed E-state index contributed by atoms with van der Waals surface area (Å²) in [6.45, 7) is 1.14. The molecule has 2 aromatic rings. The Morgan fingerprint density at radius 2 is 2.12 bits per heavy atom. The van der Waals surface area contributed by atoms with Gasteiger partial charge in [0.25, 0.3) is 0 Å². The van der Waals surface area contributed by atoms with Gasteiger partial charge >= 0.3 is 0 Å². The van der Waals surface area contributed by atoms with Crippen molar-refractivity contribution in [2.45, 2.75) is 13.2 Å². The zero-order chi connectivity index (χ0) is 11.4. The molecule has 0 aliphatic heterocycles. The molecule has 84 valence electrons. The first kappa shape index (κ1) is 11.6. The van der Waals surface area contributed by atoms with E-state index in [0.717, 1.165) is 15.1 Å². The molecule has 2 N–H and O–H groups in total. The summed E-state index contributed by atoms with van der Waals surface area (Å²) in [5.41, 5.74) is 7.83. The molecule has 2 rings (SSSR count). The van der Waals surface area contributed by atoms with E-state index in [1.165, 1.54) is 5.56 Å². The van der Waals surface area contributed by atoms with Crippen LogP contribution in [0.2, 0.25) is 0 Å². The van der Waals surface area contributed by atoms with Gasteiger partial charge in [-0.25, -0.2) is 0 Å². The lowest BCUT2D eigenvalue weighted by Gasteiger charge is -2.05. The largest absolute Gasteiger partial charge is 0.489 e. The van der Waals surface area contributed by atoms with Crippen LogP contribution in [0.1, 0.15) is 11.1 Å². The Morgan fingerprint density at radius 3 is 2.81 bits per heavy atom. The highest BCUT2D eigenvalue weighted by Crippen LogP contribution is 2.22. The quantitative estimate of drug-likeness (QED) is 0.937. The molecule has 1 heterocycles. The first-order valence-corrected chi connectivity index (χ1v) is 6.60. The van der Waals surface area contributed by atoms with Gasteiger partial charge in [0, 0.05) is 12.1 Å². The fourth-order valence-corrected chi connectivity index (χ4v) is 2.54. The van der Waals surface area contributed by atoms with E-state index in [-0.39, 0.29) is 0 Å². The summed E-state index contributed by atoms with van der Waals surface area (Å²) in [5.74, 6) is 0.866. The maximum Gasteiger partial charge on any atom is 0.120 e. The maximum absolute atomic E-state index is 5.68. The second kappa shape index (κ2) is 5.48. The standard InChI is InChI=1S/C12H12BrNOS/c13-12-5-10(8-16-12)7-15-11-3-1-2-9(4-11)6-14/h1-5,8H,6-7,14H2.